The molecule has 1 aromatic carbocycles. The molecule has 0 radical (unpaired) electrons. The van der Waals surface area contributed by atoms with E-state index >= 15 is 0 Å². The second-order valence-corrected chi connectivity index (χ2v) is 3.54. The van der Waals surface area contributed by atoms with Crippen LogP contribution in [-0.2, 0) is 0 Å². The van der Waals surface area contributed by atoms with E-state index in [9.17, 15) is 0 Å². The minimum absolute atomic E-state index is 0.300. The van der Waals surface area contributed by atoms with E-state index in [1.54, 1.807) is 18.2 Å². The lowest BCUT2D eigenvalue weighted by atomic mass is 10.1. The van der Waals surface area contributed by atoms with Crippen LogP contribution in [-0.4, -0.2) is 9.97 Å². The van der Waals surface area contributed by atoms with Crippen molar-refractivity contribution in [3.05, 3.63) is 41.7 Å². The fraction of sp³-hybridized carbons (Fsp3) is 0. The first kappa shape index (κ1) is 12.3. The van der Waals surface area contributed by atoms with E-state index < -0.39 is 0 Å². The second kappa shape index (κ2) is 5.45. The zero-order chi connectivity index (χ0) is 13.7. The zero-order valence-electron chi connectivity index (χ0n) is 9.75. The van der Waals surface area contributed by atoms with E-state index in [4.69, 9.17) is 16.4 Å². The van der Waals surface area contributed by atoms with Crippen LogP contribution in [0.5, 0.6) is 0 Å². The molecule has 0 bridgehead atoms. The van der Waals surface area contributed by atoms with Crippen molar-refractivity contribution in [1.29, 1.82) is 10.5 Å². The lowest BCUT2D eigenvalue weighted by Crippen LogP contribution is -2.09. The van der Waals surface area contributed by atoms with Crippen molar-refractivity contribution < 1.29 is 0 Å². The number of benzene rings is 1. The van der Waals surface area contributed by atoms with Gasteiger partial charge in [0.15, 0.2) is 11.6 Å². The third-order valence-corrected chi connectivity index (χ3v) is 2.32. The summed E-state index contributed by atoms with van der Waals surface area (Å²) in [5, 5.41) is 20.7. The van der Waals surface area contributed by atoms with Gasteiger partial charge in [-0.05, 0) is 18.2 Å². The summed E-state index contributed by atoms with van der Waals surface area (Å²) < 4.78 is 0. The Balaban J connectivity index is 2.29. The van der Waals surface area contributed by atoms with E-state index in [1.165, 1.54) is 12.4 Å². The fourth-order valence-corrected chi connectivity index (χ4v) is 1.46. The maximum absolute atomic E-state index is 8.94. The summed E-state index contributed by atoms with van der Waals surface area (Å²) in [6, 6.07) is 8.74. The number of nitrogens with zero attached hydrogens (tertiary/aromatic N) is 4. The van der Waals surface area contributed by atoms with E-state index in [-0.39, 0.29) is 0 Å². The third-order valence-electron chi connectivity index (χ3n) is 2.32. The van der Waals surface area contributed by atoms with E-state index in [2.05, 4.69) is 20.7 Å². The van der Waals surface area contributed by atoms with Crippen molar-refractivity contribution in [3.63, 3.8) is 0 Å². The summed E-state index contributed by atoms with van der Waals surface area (Å²) in [4.78, 5) is 8.07. The average molecular weight is 251 g/mol. The molecule has 7 heteroatoms. The van der Waals surface area contributed by atoms with Gasteiger partial charge in [0.2, 0.25) is 0 Å². The highest BCUT2D eigenvalue weighted by atomic mass is 15.3. The summed E-state index contributed by atoms with van der Waals surface area (Å²) in [6.45, 7) is 0. The van der Waals surface area contributed by atoms with Gasteiger partial charge in [-0.1, -0.05) is 0 Å². The van der Waals surface area contributed by atoms with Crippen molar-refractivity contribution in [3.8, 4) is 12.1 Å². The largest absolute Gasteiger partial charge is 0.339 e. The Kier molecular flexibility index (Phi) is 3.53. The Morgan fingerprint density at radius 1 is 1.05 bits per heavy atom. The van der Waals surface area contributed by atoms with Crippen LogP contribution >= 0.6 is 0 Å². The molecular formula is C12H9N7. The molecule has 0 fully saturated rings. The molecule has 0 spiro atoms. The zero-order valence-corrected chi connectivity index (χ0v) is 9.75. The third kappa shape index (κ3) is 2.75. The number of anilines is 3. The van der Waals surface area contributed by atoms with Crippen molar-refractivity contribution in [1.82, 2.24) is 9.97 Å². The Hall–Kier alpha value is -3.16. The fourth-order valence-electron chi connectivity index (χ4n) is 1.46. The normalized spacial score (nSPS) is 9.21. The molecule has 0 unspecified atom stereocenters. The molecule has 0 saturated carbocycles. The number of nitriles is 2. The molecule has 0 amide bonds. The minimum atomic E-state index is 0.300. The predicted molar refractivity (Wildman–Crippen MR) is 69.0 cm³/mol. The smallest absolute Gasteiger partial charge is 0.160 e. The highest BCUT2D eigenvalue weighted by Crippen LogP contribution is 2.18. The molecule has 4 N–H and O–H groups in total. The summed E-state index contributed by atoms with van der Waals surface area (Å²) in [7, 11) is 0. The molecule has 19 heavy (non-hydrogen) atoms. The van der Waals surface area contributed by atoms with Gasteiger partial charge in [0.05, 0.1) is 23.5 Å². The van der Waals surface area contributed by atoms with Gasteiger partial charge < -0.3 is 10.7 Å². The van der Waals surface area contributed by atoms with E-state index in [1.807, 2.05) is 12.1 Å². The topological polar surface area (TPSA) is 123 Å². The van der Waals surface area contributed by atoms with Crippen LogP contribution < -0.4 is 16.6 Å². The van der Waals surface area contributed by atoms with Gasteiger partial charge in [0, 0.05) is 5.69 Å². The lowest BCUT2D eigenvalue weighted by molar-refractivity contribution is 1.16. The number of nitrogen functional groups attached to an aromatic ring is 1. The number of nitrogens with one attached hydrogen (secondary N) is 2. The monoisotopic (exact) mass is 251 g/mol. The molecule has 7 nitrogen and oxygen atoms in total. The number of hydrogen-bond acceptors (Lipinski definition) is 7. The van der Waals surface area contributed by atoms with Crippen molar-refractivity contribution >= 4 is 17.3 Å². The highest BCUT2D eigenvalue weighted by Gasteiger charge is 2.04. The number of hydrazine groups is 1. The van der Waals surface area contributed by atoms with Crippen molar-refractivity contribution in [2.75, 3.05) is 10.7 Å². The molecule has 0 aliphatic rings. The van der Waals surface area contributed by atoms with Crippen LogP contribution in [0, 0.1) is 22.7 Å². The second-order valence-electron chi connectivity index (χ2n) is 3.54. The Morgan fingerprint density at radius 3 is 2.47 bits per heavy atom. The lowest BCUT2D eigenvalue weighted by Gasteiger charge is -2.07. The maximum Gasteiger partial charge on any atom is 0.160 e. The molecule has 0 atom stereocenters. The summed E-state index contributed by atoms with van der Waals surface area (Å²) >= 11 is 0. The van der Waals surface area contributed by atoms with E-state index in [0.29, 0.717) is 28.5 Å². The van der Waals surface area contributed by atoms with Gasteiger partial charge >= 0.3 is 0 Å². The van der Waals surface area contributed by atoms with Gasteiger partial charge in [0.25, 0.3) is 0 Å². The number of hydrogen-bond donors (Lipinski definition) is 3. The first-order chi connectivity index (χ1) is 9.26. The maximum atomic E-state index is 8.94. The van der Waals surface area contributed by atoms with Crippen LogP contribution in [0.4, 0.5) is 17.3 Å². The van der Waals surface area contributed by atoms with Gasteiger partial charge in [0.1, 0.15) is 12.1 Å². The summed E-state index contributed by atoms with van der Waals surface area (Å²) in [5.74, 6) is 6.13. The van der Waals surface area contributed by atoms with Crippen LogP contribution in [0.25, 0.3) is 0 Å². The highest BCUT2D eigenvalue weighted by molar-refractivity contribution is 5.62. The molecule has 1 heterocycles. The standard InChI is InChI=1S/C12H9N7/c13-4-8-1-2-10(3-9(8)5-14)17-11-6-16-7-12(18-11)19-15/h1-3,6-7H,15H2,(H2,17,18,19). The van der Waals surface area contributed by atoms with Crippen LogP contribution in [0.15, 0.2) is 30.6 Å². The summed E-state index contributed by atoms with van der Waals surface area (Å²) in [5.41, 5.74) is 3.65. The minimum Gasteiger partial charge on any atom is -0.339 e. The van der Waals surface area contributed by atoms with Gasteiger partial charge in [-0.15, -0.1) is 0 Å². The van der Waals surface area contributed by atoms with E-state index in [0.717, 1.165) is 0 Å². The number of aromatic nitrogens is 2. The number of nitrogens with two attached hydrogens (primary N) is 1. The first-order valence-electron chi connectivity index (χ1n) is 5.26. The van der Waals surface area contributed by atoms with Gasteiger partial charge in [-0.25, -0.2) is 10.8 Å². The SMILES string of the molecule is N#Cc1ccc(Nc2cncc(NN)n2)cc1C#N. The van der Waals surface area contributed by atoms with Crippen LogP contribution in [0.3, 0.4) is 0 Å². The van der Waals surface area contributed by atoms with Crippen LogP contribution in [0.1, 0.15) is 11.1 Å². The molecular weight excluding hydrogens is 242 g/mol. The molecule has 0 aliphatic heterocycles. The van der Waals surface area contributed by atoms with Crippen LogP contribution in [0.2, 0.25) is 0 Å². The van der Waals surface area contributed by atoms with Crippen molar-refractivity contribution in [2.24, 2.45) is 5.84 Å². The predicted octanol–water partition coefficient (Wildman–Crippen LogP) is 1.25. The summed E-state index contributed by atoms with van der Waals surface area (Å²) in [6.07, 6.45) is 3.00. The molecule has 0 aliphatic carbocycles. The van der Waals surface area contributed by atoms with Crippen molar-refractivity contribution in [2.45, 2.75) is 0 Å². The Bertz CT molecular complexity index is 681. The average Bonchev–Trinajstić information content (AvgIpc) is 2.47. The molecule has 0 saturated heterocycles. The molecule has 2 aromatic rings. The molecule has 1 aromatic heterocycles. The molecule has 2 rings (SSSR count). The quantitative estimate of drug-likeness (QED) is 0.554. The number of rotatable bonds is 3. The molecule has 92 valence electrons. The van der Waals surface area contributed by atoms with Gasteiger partial charge in [-0.2, -0.15) is 10.5 Å². The Morgan fingerprint density at radius 2 is 1.79 bits per heavy atom. The first-order valence-corrected chi connectivity index (χ1v) is 5.26. The van der Waals surface area contributed by atoms with Gasteiger partial charge in [-0.3, -0.25) is 4.98 Å². The Labute approximate surface area is 109 Å².